The standard InChI is InChI=1S/C15H17FN4O2S/c1-2-7-17-14(22)20-13(21)9-23-15-18-8-12(19-15)10-3-5-11(16)6-4-10/h3-6,8H,2,7,9H2,1H3,(H,18,19)(H2,17,20,21,22). The van der Waals surface area contributed by atoms with Gasteiger partial charge in [-0.3, -0.25) is 10.1 Å². The zero-order valence-electron chi connectivity index (χ0n) is 12.6. The Labute approximate surface area is 137 Å². The van der Waals surface area contributed by atoms with Crippen LogP contribution in [0.15, 0.2) is 35.6 Å². The van der Waals surface area contributed by atoms with Gasteiger partial charge in [0.2, 0.25) is 5.91 Å². The third kappa shape index (κ3) is 5.41. The molecule has 0 radical (unpaired) electrons. The molecule has 23 heavy (non-hydrogen) atoms. The second kappa shape index (κ2) is 8.33. The molecule has 0 aliphatic rings. The Morgan fingerprint density at radius 2 is 2.04 bits per heavy atom. The van der Waals surface area contributed by atoms with Crippen LogP contribution in [0.25, 0.3) is 11.3 Å². The summed E-state index contributed by atoms with van der Waals surface area (Å²) in [5.41, 5.74) is 1.53. The Bertz CT molecular complexity index is 672. The molecule has 0 spiro atoms. The molecular weight excluding hydrogens is 319 g/mol. The number of H-pyrrole nitrogens is 1. The average Bonchev–Trinajstić information content (AvgIpc) is 3.00. The Morgan fingerprint density at radius 3 is 2.74 bits per heavy atom. The summed E-state index contributed by atoms with van der Waals surface area (Å²) in [7, 11) is 0. The summed E-state index contributed by atoms with van der Waals surface area (Å²) in [4.78, 5) is 30.2. The number of hydrogen-bond donors (Lipinski definition) is 3. The smallest absolute Gasteiger partial charge is 0.321 e. The van der Waals surface area contributed by atoms with Crippen LogP contribution in [0, 0.1) is 5.82 Å². The van der Waals surface area contributed by atoms with Gasteiger partial charge in [0, 0.05) is 6.54 Å². The van der Waals surface area contributed by atoms with Gasteiger partial charge in [0.1, 0.15) is 5.82 Å². The highest BCUT2D eigenvalue weighted by molar-refractivity contribution is 7.99. The molecule has 1 heterocycles. The van der Waals surface area contributed by atoms with Gasteiger partial charge in [-0.15, -0.1) is 0 Å². The molecule has 1 aromatic carbocycles. The summed E-state index contributed by atoms with van der Waals surface area (Å²) in [5, 5.41) is 5.34. The van der Waals surface area contributed by atoms with Crippen LogP contribution in [0.1, 0.15) is 13.3 Å². The van der Waals surface area contributed by atoms with Crippen molar-refractivity contribution in [1.82, 2.24) is 20.6 Å². The van der Waals surface area contributed by atoms with Crippen LogP contribution in [-0.2, 0) is 4.79 Å². The zero-order chi connectivity index (χ0) is 16.7. The van der Waals surface area contributed by atoms with Crippen LogP contribution in [-0.4, -0.2) is 34.2 Å². The van der Waals surface area contributed by atoms with Crippen molar-refractivity contribution in [3.05, 3.63) is 36.3 Å². The van der Waals surface area contributed by atoms with Crippen LogP contribution < -0.4 is 10.6 Å². The fourth-order valence-corrected chi connectivity index (χ4v) is 2.38. The van der Waals surface area contributed by atoms with E-state index in [4.69, 9.17) is 0 Å². The Kier molecular flexibility index (Phi) is 6.16. The fourth-order valence-electron chi connectivity index (χ4n) is 1.73. The van der Waals surface area contributed by atoms with Crippen molar-refractivity contribution in [3.63, 3.8) is 0 Å². The lowest BCUT2D eigenvalue weighted by molar-refractivity contribution is -0.117. The van der Waals surface area contributed by atoms with Gasteiger partial charge in [-0.1, -0.05) is 18.7 Å². The number of benzene rings is 1. The predicted octanol–water partition coefficient (Wildman–Crippen LogP) is 2.54. The molecule has 8 heteroatoms. The van der Waals surface area contributed by atoms with Gasteiger partial charge >= 0.3 is 6.03 Å². The van der Waals surface area contributed by atoms with Crippen molar-refractivity contribution in [2.75, 3.05) is 12.3 Å². The van der Waals surface area contributed by atoms with E-state index in [1.165, 1.54) is 23.9 Å². The molecule has 0 aliphatic heterocycles. The van der Waals surface area contributed by atoms with E-state index < -0.39 is 11.9 Å². The van der Waals surface area contributed by atoms with Gasteiger partial charge < -0.3 is 10.3 Å². The van der Waals surface area contributed by atoms with Gasteiger partial charge in [0.15, 0.2) is 5.16 Å². The summed E-state index contributed by atoms with van der Waals surface area (Å²) in [6.45, 7) is 2.44. The number of carbonyl (C=O) groups excluding carboxylic acids is 2. The minimum absolute atomic E-state index is 0.0654. The lowest BCUT2D eigenvalue weighted by atomic mass is 10.2. The van der Waals surface area contributed by atoms with E-state index in [2.05, 4.69) is 20.6 Å². The normalized spacial score (nSPS) is 10.3. The molecule has 3 N–H and O–H groups in total. The topological polar surface area (TPSA) is 86.9 Å². The van der Waals surface area contributed by atoms with Crippen molar-refractivity contribution in [1.29, 1.82) is 0 Å². The number of urea groups is 1. The number of rotatable bonds is 6. The van der Waals surface area contributed by atoms with Crippen LogP contribution in [0.5, 0.6) is 0 Å². The molecule has 6 nitrogen and oxygen atoms in total. The second-order valence-electron chi connectivity index (χ2n) is 4.70. The minimum Gasteiger partial charge on any atom is -0.338 e. The molecule has 1 aromatic heterocycles. The summed E-state index contributed by atoms with van der Waals surface area (Å²) >= 11 is 1.18. The third-order valence-electron chi connectivity index (χ3n) is 2.84. The highest BCUT2D eigenvalue weighted by Gasteiger charge is 2.10. The van der Waals surface area contributed by atoms with E-state index in [-0.39, 0.29) is 11.6 Å². The lowest BCUT2D eigenvalue weighted by Gasteiger charge is -2.04. The van der Waals surface area contributed by atoms with Crippen molar-refractivity contribution in [3.8, 4) is 11.3 Å². The second-order valence-corrected chi connectivity index (χ2v) is 5.67. The predicted molar refractivity (Wildman–Crippen MR) is 86.5 cm³/mol. The molecule has 2 aromatic rings. The Balaban J connectivity index is 1.84. The largest absolute Gasteiger partial charge is 0.338 e. The Morgan fingerprint density at radius 1 is 1.30 bits per heavy atom. The van der Waals surface area contributed by atoms with Crippen LogP contribution in [0.2, 0.25) is 0 Å². The molecule has 0 fully saturated rings. The molecule has 0 atom stereocenters. The summed E-state index contributed by atoms with van der Waals surface area (Å²) in [6, 6.07) is 5.52. The summed E-state index contributed by atoms with van der Waals surface area (Å²) in [5.74, 6) is -0.639. The average molecular weight is 336 g/mol. The van der Waals surface area contributed by atoms with Gasteiger partial charge in [-0.25, -0.2) is 14.2 Å². The van der Waals surface area contributed by atoms with Crippen molar-refractivity contribution in [2.24, 2.45) is 0 Å². The van der Waals surface area contributed by atoms with Crippen LogP contribution >= 0.6 is 11.8 Å². The third-order valence-corrected chi connectivity index (χ3v) is 3.72. The number of hydrogen-bond acceptors (Lipinski definition) is 4. The van der Waals surface area contributed by atoms with Gasteiger partial charge in [0.05, 0.1) is 17.6 Å². The first-order valence-corrected chi connectivity index (χ1v) is 8.08. The minimum atomic E-state index is -0.496. The first-order chi connectivity index (χ1) is 11.1. The van der Waals surface area contributed by atoms with Crippen LogP contribution in [0.4, 0.5) is 9.18 Å². The van der Waals surface area contributed by atoms with Crippen LogP contribution in [0.3, 0.4) is 0 Å². The number of aromatic nitrogens is 2. The maximum atomic E-state index is 12.9. The number of nitrogens with one attached hydrogen (secondary N) is 3. The number of amides is 3. The number of carbonyl (C=O) groups is 2. The van der Waals surface area contributed by atoms with Gasteiger partial charge in [-0.05, 0) is 36.2 Å². The highest BCUT2D eigenvalue weighted by Crippen LogP contribution is 2.21. The summed E-state index contributed by atoms with van der Waals surface area (Å²) < 4.78 is 12.9. The number of imidazole rings is 1. The molecule has 0 unspecified atom stereocenters. The molecule has 0 aliphatic carbocycles. The molecule has 122 valence electrons. The van der Waals surface area contributed by atoms with E-state index >= 15 is 0 Å². The molecule has 0 bridgehead atoms. The van der Waals surface area contributed by atoms with E-state index in [0.717, 1.165) is 17.7 Å². The number of nitrogens with zero attached hydrogens (tertiary/aromatic N) is 1. The number of imide groups is 1. The maximum Gasteiger partial charge on any atom is 0.321 e. The SMILES string of the molecule is CCCNC(=O)NC(=O)CSc1ncc(-c2ccc(F)cc2)[nH]1. The number of thioether (sulfide) groups is 1. The van der Waals surface area contributed by atoms with E-state index in [1.54, 1.807) is 18.3 Å². The molecule has 0 saturated carbocycles. The summed E-state index contributed by atoms with van der Waals surface area (Å²) in [6.07, 6.45) is 2.41. The molecular formula is C15H17FN4O2S. The van der Waals surface area contributed by atoms with Gasteiger partial charge in [0.25, 0.3) is 0 Å². The van der Waals surface area contributed by atoms with Crippen molar-refractivity contribution < 1.29 is 14.0 Å². The van der Waals surface area contributed by atoms with Gasteiger partial charge in [-0.2, -0.15) is 0 Å². The quantitative estimate of drug-likeness (QED) is 0.708. The first kappa shape index (κ1) is 17.0. The molecule has 3 amide bonds. The lowest BCUT2D eigenvalue weighted by Crippen LogP contribution is -2.40. The first-order valence-electron chi connectivity index (χ1n) is 7.10. The number of aromatic amines is 1. The molecule has 0 saturated heterocycles. The fraction of sp³-hybridized carbons (Fsp3) is 0.267. The Hall–Kier alpha value is -2.35. The van der Waals surface area contributed by atoms with Crippen molar-refractivity contribution >= 4 is 23.7 Å². The van der Waals surface area contributed by atoms with Crippen molar-refractivity contribution in [2.45, 2.75) is 18.5 Å². The highest BCUT2D eigenvalue weighted by atomic mass is 32.2. The van der Waals surface area contributed by atoms with E-state index in [1.807, 2.05) is 6.92 Å². The zero-order valence-corrected chi connectivity index (χ0v) is 13.4. The van der Waals surface area contributed by atoms with E-state index in [0.29, 0.717) is 11.7 Å². The monoisotopic (exact) mass is 336 g/mol. The molecule has 2 rings (SSSR count). The maximum absolute atomic E-state index is 12.9. The van der Waals surface area contributed by atoms with E-state index in [9.17, 15) is 14.0 Å². The number of halogens is 1.